The molecular formula is C14H22N2O2. The van der Waals surface area contributed by atoms with Crippen molar-refractivity contribution in [2.75, 3.05) is 40.8 Å². The molecule has 2 atom stereocenters. The zero-order valence-electron chi connectivity index (χ0n) is 11.3. The molecule has 0 bridgehead atoms. The second-order valence-electron chi connectivity index (χ2n) is 5.03. The summed E-state index contributed by atoms with van der Waals surface area (Å²) in [7, 11) is 5.81. The van der Waals surface area contributed by atoms with Crippen LogP contribution in [0.3, 0.4) is 0 Å². The number of ether oxygens (including phenoxy) is 1. The Morgan fingerprint density at radius 1 is 1.33 bits per heavy atom. The molecule has 1 fully saturated rings. The molecule has 4 heteroatoms. The second-order valence-corrected chi connectivity index (χ2v) is 5.03. The quantitative estimate of drug-likeness (QED) is 0.867. The number of likely N-dealkylation sites (N-methyl/N-ethyl adjacent to an activating group) is 2. The van der Waals surface area contributed by atoms with Crippen molar-refractivity contribution in [3.8, 4) is 5.75 Å². The van der Waals surface area contributed by atoms with E-state index < -0.39 is 6.10 Å². The Balaban J connectivity index is 2.15. The normalized spacial score (nSPS) is 23.9. The van der Waals surface area contributed by atoms with E-state index in [0.717, 1.165) is 30.9 Å². The second kappa shape index (κ2) is 5.69. The first-order valence-electron chi connectivity index (χ1n) is 6.32. The minimum Gasteiger partial charge on any atom is -0.497 e. The molecule has 0 saturated carbocycles. The van der Waals surface area contributed by atoms with Crippen molar-refractivity contribution in [3.63, 3.8) is 0 Å². The highest BCUT2D eigenvalue weighted by atomic mass is 16.5. The summed E-state index contributed by atoms with van der Waals surface area (Å²) < 4.78 is 5.21. The summed E-state index contributed by atoms with van der Waals surface area (Å²) in [5, 5.41) is 10.5. The van der Waals surface area contributed by atoms with E-state index in [4.69, 9.17) is 4.74 Å². The minimum absolute atomic E-state index is 0.135. The first-order chi connectivity index (χ1) is 8.61. The van der Waals surface area contributed by atoms with Crippen LogP contribution in [-0.2, 0) is 0 Å². The Hall–Kier alpha value is -1.10. The highest BCUT2D eigenvalue weighted by Crippen LogP contribution is 2.25. The van der Waals surface area contributed by atoms with Crippen LogP contribution >= 0.6 is 0 Å². The van der Waals surface area contributed by atoms with E-state index in [2.05, 4.69) is 23.9 Å². The Labute approximate surface area is 109 Å². The zero-order valence-corrected chi connectivity index (χ0v) is 11.3. The van der Waals surface area contributed by atoms with Crippen LogP contribution in [0, 0.1) is 0 Å². The molecule has 0 aromatic heterocycles. The van der Waals surface area contributed by atoms with Crippen molar-refractivity contribution in [1.82, 2.24) is 9.80 Å². The van der Waals surface area contributed by atoms with E-state index in [1.165, 1.54) is 0 Å². The van der Waals surface area contributed by atoms with E-state index in [1.807, 2.05) is 24.3 Å². The molecule has 1 N–H and O–H groups in total. The number of benzene rings is 1. The summed E-state index contributed by atoms with van der Waals surface area (Å²) in [6, 6.07) is 7.82. The van der Waals surface area contributed by atoms with Crippen LogP contribution < -0.4 is 4.74 Å². The molecule has 2 unspecified atom stereocenters. The summed E-state index contributed by atoms with van der Waals surface area (Å²) in [4.78, 5) is 4.48. The van der Waals surface area contributed by atoms with Crippen molar-refractivity contribution in [1.29, 1.82) is 0 Å². The lowest BCUT2D eigenvalue weighted by Gasteiger charge is -2.40. The highest BCUT2D eigenvalue weighted by molar-refractivity contribution is 5.30. The minimum atomic E-state index is -0.479. The van der Waals surface area contributed by atoms with Gasteiger partial charge in [-0.1, -0.05) is 12.1 Å². The van der Waals surface area contributed by atoms with E-state index in [-0.39, 0.29) is 6.04 Å². The lowest BCUT2D eigenvalue weighted by atomic mass is 9.99. The predicted molar refractivity (Wildman–Crippen MR) is 71.9 cm³/mol. The van der Waals surface area contributed by atoms with Crippen LogP contribution in [0.4, 0.5) is 0 Å². The maximum atomic E-state index is 10.5. The van der Waals surface area contributed by atoms with Crippen molar-refractivity contribution in [2.45, 2.75) is 12.1 Å². The fourth-order valence-corrected chi connectivity index (χ4v) is 2.43. The van der Waals surface area contributed by atoms with Crippen molar-refractivity contribution in [3.05, 3.63) is 29.8 Å². The van der Waals surface area contributed by atoms with Crippen LogP contribution in [0.2, 0.25) is 0 Å². The molecule has 0 aliphatic carbocycles. The van der Waals surface area contributed by atoms with E-state index >= 15 is 0 Å². The number of piperazine rings is 1. The van der Waals surface area contributed by atoms with Gasteiger partial charge in [0.15, 0.2) is 0 Å². The molecule has 1 aliphatic rings. The molecule has 1 heterocycles. The van der Waals surface area contributed by atoms with Gasteiger partial charge in [-0.25, -0.2) is 0 Å². The first-order valence-corrected chi connectivity index (χ1v) is 6.32. The number of nitrogens with zero attached hydrogens (tertiary/aromatic N) is 2. The number of rotatable bonds is 3. The van der Waals surface area contributed by atoms with Gasteiger partial charge in [-0.2, -0.15) is 0 Å². The Kier molecular flexibility index (Phi) is 4.22. The predicted octanol–water partition coefficient (Wildman–Crippen LogP) is 0.974. The number of aliphatic hydroxyl groups is 1. The molecule has 4 nitrogen and oxygen atoms in total. The van der Waals surface area contributed by atoms with Crippen molar-refractivity contribution in [2.24, 2.45) is 0 Å². The summed E-state index contributed by atoms with van der Waals surface area (Å²) >= 11 is 0. The third-order valence-electron chi connectivity index (χ3n) is 3.70. The summed E-state index contributed by atoms with van der Waals surface area (Å²) in [5.74, 6) is 0.790. The molecule has 0 spiro atoms. The Morgan fingerprint density at radius 3 is 2.83 bits per heavy atom. The number of hydrogen-bond acceptors (Lipinski definition) is 4. The molecule has 18 heavy (non-hydrogen) atoms. The third-order valence-corrected chi connectivity index (χ3v) is 3.70. The van der Waals surface area contributed by atoms with Crippen LogP contribution in [0.25, 0.3) is 0 Å². The average molecular weight is 250 g/mol. The standard InChI is InChI=1S/C14H22N2O2/c1-15-7-8-16(2)13(10-15)14(17)11-5-4-6-12(9-11)18-3/h4-6,9,13-14,17H,7-8,10H2,1-3H3. The monoisotopic (exact) mass is 250 g/mol. The highest BCUT2D eigenvalue weighted by Gasteiger charge is 2.29. The maximum absolute atomic E-state index is 10.5. The van der Waals surface area contributed by atoms with E-state index in [1.54, 1.807) is 7.11 Å². The van der Waals surface area contributed by atoms with Gasteiger partial charge in [-0.15, -0.1) is 0 Å². The molecule has 1 aliphatic heterocycles. The van der Waals surface area contributed by atoms with Gasteiger partial charge < -0.3 is 14.7 Å². The summed E-state index contributed by atoms with van der Waals surface area (Å²) in [6.07, 6.45) is -0.479. The van der Waals surface area contributed by atoms with Gasteiger partial charge in [0.1, 0.15) is 5.75 Å². The smallest absolute Gasteiger partial charge is 0.119 e. The first kappa shape index (κ1) is 13.3. The third kappa shape index (κ3) is 2.83. The summed E-state index contributed by atoms with van der Waals surface area (Å²) in [6.45, 7) is 2.93. The van der Waals surface area contributed by atoms with Crippen LogP contribution in [0.15, 0.2) is 24.3 Å². The topological polar surface area (TPSA) is 35.9 Å². The van der Waals surface area contributed by atoms with E-state index in [0.29, 0.717) is 0 Å². The van der Waals surface area contributed by atoms with E-state index in [9.17, 15) is 5.11 Å². The molecule has 100 valence electrons. The molecule has 1 saturated heterocycles. The SMILES string of the molecule is COc1cccc(C(O)C2CN(C)CCN2C)c1. The van der Waals surface area contributed by atoms with Gasteiger partial charge in [0.05, 0.1) is 19.3 Å². The fourth-order valence-electron chi connectivity index (χ4n) is 2.43. The number of methoxy groups -OCH3 is 1. The zero-order chi connectivity index (χ0) is 13.1. The van der Waals surface area contributed by atoms with Gasteiger partial charge >= 0.3 is 0 Å². The Bertz CT molecular complexity index is 397. The van der Waals surface area contributed by atoms with Gasteiger partial charge in [0.25, 0.3) is 0 Å². The van der Waals surface area contributed by atoms with Crippen LogP contribution in [0.1, 0.15) is 11.7 Å². The molecule has 0 radical (unpaired) electrons. The van der Waals surface area contributed by atoms with Gasteiger partial charge in [0, 0.05) is 19.6 Å². The molecule has 1 aromatic carbocycles. The molecule has 2 rings (SSSR count). The lowest BCUT2D eigenvalue weighted by Crippen LogP contribution is -2.52. The van der Waals surface area contributed by atoms with Gasteiger partial charge in [-0.3, -0.25) is 4.90 Å². The van der Waals surface area contributed by atoms with Gasteiger partial charge in [0.2, 0.25) is 0 Å². The van der Waals surface area contributed by atoms with Crippen molar-refractivity contribution >= 4 is 0 Å². The average Bonchev–Trinajstić information content (AvgIpc) is 2.41. The number of aliphatic hydroxyl groups excluding tert-OH is 1. The van der Waals surface area contributed by atoms with Gasteiger partial charge in [-0.05, 0) is 31.8 Å². The summed E-state index contributed by atoms with van der Waals surface area (Å²) in [5.41, 5.74) is 0.918. The molecule has 1 aromatic rings. The maximum Gasteiger partial charge on any atom is 0.119 e. The van der Waals surface area contributed by atoms with Crippen LogP contribution in [0.5, 0.6) is 5.75 Å². The van der Waals surface area contributed by atoms with Crippen molar-refractivity contribution < 1.29 is 9.84 Å². The molecule has 0 amide bonds. The largest absolute Gasteiger partial charge is 0.497 e. The lowest BCUT2D eigenvalue weighted by molar-refractivity contribution is 0.0137. The van der Waals surface area contributed by atoms with Crippen LogP contribution in [-0.4, -0.2) is 61.8 Å². The fraction of sp³-hybridized carbons (Fsp3) is 0.571. The number of hydrogen-bond donors (Lipinski definition) is 1. The molecular weight excluding hydrogens is 228 g/mol. The Morgan fingerprint density at radius 2 is 2.11 bits per heavy atom.